The van der Waals surface area contributed by atoms with Crippen molar-refractivity contribution in [1.82, 2.24) is 0 Å². The van der Waals surface area contributed by atoms with Crippen LogP contribution >= 0.6 is 11.3 Å². The van der Waals surface area contributed by atoms with Crippen LogP contribution in [0.3, 0.4) is 0 Å². The van der Waals surface area contributed by atoms with Gasteiger partial charge in [-0.1, -0.05) is 109 Å². The zero-order valence-corrected chi connectivity index (χ0v) is 22.3. The molecule has 0 amide bonds. The molecule has 0 aliphatic carbocycles. The van der Waals surface area contributed by atoms with Gasteiger partial charge in [-0.15, -0.1) is 11.3 Å². The molecule has 0 spiro atoms. The molecule has 0 bridgehead atoms. The van der Waals surface area contributed by atoms with Crippen molar-refractivity contribution in [1.29, 1.82) is 0 Å². The number of thiophene rings is 1. The van der Waals surface area contributed by atoms with Gasteiger partial charge >= 0.3 is 0 Å². The summed E-state index contributed by atoms with van der Waals surface area (Å²) < 4.78 is 8.04. The third-order valence-electron chi connectivity index (χ3n) is 8.35. The Kier molecular flexibility index (Phi) is 4.55. The van der Waals surface area contributed by atoms with E-state index in [4.69, 9.17) is 4.42 Å². The smallest absolute Gasteiger partial charge is 0.144 e. The van der Waals surface area contributed by atoms with Gasteiger partial charge in [0.15, 0.2) is 0 Å². The molecule has 0 radical (unpaired) electrons. The molecule has 2 heterocycles. The zero-order chi connectivity index (χ0) is 26.2. The van der Waals surface area contributed by atoms with Gasteiger partial charge in [-0.2, -0.15) is 0 Å². The van der Waals surface area contributed by atoms with E-state index in [1.54, 1.807) is 11.3 Å². The molecule has 0 atom stereocenters. The van der Waals surface area contributed by atoms with Crippen LogP contribution in [-0.4, -0.2) is 0 Å². The maximum absolute atomic E-state index is 6.79. The average Bonchev–Trinajstić information content (AvgIpc) is 3.65. The highest BCUT2D eigenvalue weighted by Gasteiger charge is 2.21. The summed E-state index contributed by atoms with van der Waals surface area (Å²) >= 11 is 1.76. The summed E-state index contributed by atoms with van der Waals surface area (Å²) in [6.45, 7) is 0. The van der Waals surface area contributed by atoms with Crippen molar-refractivity contribution in [3.63, 3.8) is 0 Å². The van der Waals surface area contributed by atoms with Crippen molar-refractivity contribution >= 4 is 75.7 Å². The van der Waals surface area contributed by atoms with Gasteiger partial charge in [-0.05, 0) is 67.0 Å². The Morgan fingerprint density at radius 1 is 0.375 bits per heavy atom. The van der Waals surface area contributed by atoms with Crippen LogP contribution in [0, 0.1) is 0 Å². The van der Waals surface area contributed by atoms with Gasteiger partial charge in [0.25, 0.3) is 0 Å². The second-order valence-electron chi connectivity index (χ2n) is 10.4. The lowest BCUT2D eigenvalue weighted by molar-refractivity contribution is 0.674. The molecule has 0 aliphatic heterocycles. The first-order valence-corrected chi connectivity index (χ1v) is 14.5. The zero-order valence-electron chi connectivity index (χ0n) is 21.5. The molecule has 9 rings (SSSR count). The van der Waals surface area contributed by atoms with Crippen molar-refractivity contribution in [2.75, 3.05) is 0 Å². The summed E-state index contributed by atoms with van der Waals surface area (Å²) in [5.74, 6) is 0. The van der Waals surface area contributed by atoms with Crippen LogP contribution in [0.15, 0.2) is 137 Å². The third-order valence-corrected chi connectivity index (χ3v) is 9.24. The van der Waals surface area contributed by atoms with Gasteiger partial charge in [0.2, 0.25) is 0 Å². The van der Waals surface area contributed by atoms with E-state index >= 15 is 0 Å². The minimum Gasteiger partial charge on any atom is -0.455 e. The van der Waals surface area contributed by atoms with Crippen LogP contribution in [0.2, 0.25) is 0 Å². The molecule has 7 aromatic carbocycles. The molecule has 0 saturated heterocycles. The van der Waals surface area contributed by atoms with Gasteiger partial charge < -0.3 is 4.42 Å². The van der Waals surface area contributed by atoms with E-state index in [0.717, 1.165) is 22.1 Å². The van der Waals surface area contributed by atoms with E-state index in [9.17, 15) is 0 Å². The molecule has 2 heteroatoms. The van der Waals surface area contributed by atoms with Crippen molar-refractivity contribution in [3.8, 4) is 22.3 Å². The lowest BCUT2D eigenvalue weighted by Crippen LogP contribution is -1.91. The lowest BCUT2D eigenvalue weighted by atomic mass is 9.84. The molecule has 0 saturated carbocycles. The molecule has 0 N–H and O–H groups in total. The van der Waals surface area contributed by atoms with Gasteiger partial charge in [0, 0.05) is 32.0 Å². The first-order chi connectivity index (χ1) is 19.9. The fraction of sp³-hybridized carbons (Fsp3) is 0. The minimum absolute atomic E-state index is 0.949. The third kappa shape index (κ3) is 2.97. The molecule has 9 aromatic rings. The Labute approximate surface area is 234 Å². The highest BCUT2D eigenvalue weighted by molar-refractivity contribution is 7.17. The van der Waals surface area contributed by atoms with Gasteiger partial charge in [0.1, 0.15) is 11.2 Å². The number of para-hydroxylation sites is 1. The first kappa shape index (κ1) is 22.0. The molecule has 0 unspecified atom stereocenters. The topological polar surface area (TPSA) is 13.1 Å². The van der Waals surface area contributed by atoms with Crippen molar-refractivity contribution in [3.05, 3.63) is 133 Å². The standard InChI is InChI=1S/C38H22OS/c1-2-11-24-23(9-1)10-7-16-25(24)35-26-12-3-5-14-28(26)36(29-15-6-4-13-27(29)35)33-18-8-17-30-31-19-20-34-32(21-22-40-34)37(31)39-38(30)33/h1-22H. The molecular weight excluding hydrogens is 504 g/mol. The largest absolute Gasteiger partial charge is 0.455 e. The molecule has 40 heavy (non-hydrogen) atoms. The Bertz CT molecular complexity index is 2380. The lowest BCUT2D eigenvalue weighted by Gasteiger charge is -2.18. The number of hydrogen-bond acceptors (Lipinski definition) is 2. The number of furan rings is 1. The monoisotopic (exact) mass is 526 g/mol. The van der Waals surface area contributed by atoms with Crippen molar-refractivity contribution in [2.24, 2.45) is 0 Å². The maximum Gasteiger partial charge on any atom is 0.144 e. The summed E-state index contributed by atoms with van der Waals surface area (Å²) in [5.41, 5.74) is 6.82. The van der Waals surface area contributed by atoms with Gasteiger partial charge in [-0.25, -0.2) is 0 Å². The molecule has 0 fully saturated rings. The van der Waals surface area contributed by atoms with Gasteiger partial charge in [-0.3, -0.25) is 0 Å². The summed E-state index contributed by atoms with van der Waals surface area (Å²) in [5, 5.41) is 13.2. The quantitative estimate of drug-likeness (QED) is 0.204. The van der Waals surface area contributed by atoms with E-state index in [-0.39, 0.29) is 0 Å². The van der Waals surface area contributed by atoms with Crippen LogP contribution in [0.5, 0.6) is 0 Å². The van der Waals surface area contributed by atoms with Crippen LogP contribution in [-0.2, 0) is 0 Å². The Balaban J connectivity index is 1.46. The van der Waals surface area contributed by atoms with E-state index < -0.39 is 0 Å². The Morgan fingerprint density at radius 2 is 0.925 bits per heavy atom. The number of hydrogen-bond donors (Lipinski definition) is 0. The van der Waals surface area contributed by atoms with Gasteiger partial charge in [0.05, 0.1) is 0 Å². The maximum atomic E-state index is 6.79. The molecule has 1 nitrogen and oxygen atoms in total. The van der Waals surface area contributed by atoms with Crippen molar-refractivity contribution in [2.45, 2.75) is 0 Å². The van der Waals surface area contributed by atoms with E-state index in [0.29, 0.717) is 0 Å². The SMILES string of the molecule is c1ccc2c(-c3c4ccccc4c(-c4cccc5c4oc4c6ccsc6ccc54)c4ccccc34)cccc2c1. The molecule has 186 valence electrons. The summed E-state index contributed by atoms with van der Waals surface area (Å²) in [4.78, 5) is 0. The average molecular weight is 527 g/mol. The second kappa shape index (κ2) is 8.29. The Hall–Kier alpha value is -4.92. The normalized spacial score (nSPS) is 12.0. The number of benzene rings is 7. The first-order valence-electron chi connectivity index (χ1n) is 13.6. The van der Waals surface area contributed by atoms with E-state index in [1.165, 1.54) is 64.5 Å². The van der Waals surface area contributed by atoms with Crippen LogP contribution < -0.4 is 0 Å². The number of fused-ring (bicyclic) bond motifs is 8. The summed E-state index contributed by atoms with van der Waals surface area (Å²) in [6, 6.07) is 46.2. The van der Waals surface area contributed by atoms with Crippen molar-refractivity contribution < 1.29 is 4.42 Å². The fourth-order valence-corrected chi connectivity index (χ4v) is 7.43. The highest BCUT2D eigenvalue weighted by atomic mass is 32.1. The van der Waals surface area contributed by atoms with E-state index in [1.807, 2.05) is 0 Å². The number of rotatable bonds is 2. The van der Waals surface area contributed by atoms with Crippen LogP contribution in [0.1, 0.15) is 0 Å². The predicted octanol–water partition coefficient (Wildman–Crippen LogP) is 11.6. The predicted molar refractivity (Wildman–Crippen MR) is 172 cm³/mol. The molecule has 2 aromatic heterocycles. The van der Waals surface area contributed by atoms with Crippen LogP contribution in [0.25, 0.3) is 86.6 Å². The van der Waals surface area contributed by atoms with E-state index in [2.05, 4.69) is 133 Å². The Morgan fingerprint density at radius 3 is 1.68 bits per heavy atom. The highest BCUT2D eigenvalue weighted by Crippen LogP contribution is 2.48. The summed E-state index contributed by atoms with van der Waals surface area (Å²) in [7, 11) is 0. The van der Waals surface area contributed by atoms with Crippen LogP contribution in [0.4, 0.5) is 0 Å². The molecule has 0 aliphatic rings. The fourth-order valence-electron chi connectivity index (χ4n) is 6.65. The second-order valence-corrected chi connectivity index (χ2v) is 11.4. The summed E-state index contributed by atoms with van der Waals surface area (Å²) in [6.07, 6.45) is 0. The minimum atomic E-state index is 0.949. The molecular formula is C38H22OS.